The molecule has 1 saturated heterocycles. The molecule has 0 aromatic rings. The lowest BCUT2D eigenvalue weighted by Crippen LogP contribution is -2.43. The summed E-state index contributed by atoms with van der Waals surface area (Å²) in [4.78, 5) is 14.6. The summed E-state index contributed by atoms with van der Waals surface area (Å²) in [6, 6.07) is 1.32. The zero-order chi connectivity index (χ0) is 12.5. The van der Waals surface area contributed by atoms with Gasteiger partial charge in [0.15, 0.2) is 0 Å². The van der Waals surface area contributed by atoms with Gasteiger partial charge in [-0.2, -0.15) is 0 Å². The van der Waals surface area contributed by atoms with E-state index in [0.29, 0.717) is 18.0 Å². The van der Waals surface area contributed by atoms with Crippen LogP contribution in [0, 0.1) is 5.92 Å². The number of nitrogens with one attached hydrogen (secondary N) is 1. The van der Waals surface area contributed by atoms with Crippen molar-refractivity contribution in [2.45, 2.75) is 76.4 Å². The van der Waals surface area contributed by atoms with Crippen molar-refractivity contribution >= 4 is 5.91 Å². The van der Waals surface area contributed by atoms with E-state index < -0.39 is 0 Å². The fourth-order valence-electron chi connectivity index (χ4n) is 3.53. The summed E-state index contributed by atoms with van der Waals surface area (Å²) < 4.78 is 0. The molecule has 0 aromatic heterocycles. The normalized spacial score (nSPS) is 37.9. The molecule has 18 heavy (non-hydrogen) atoms. The SMILES string of the molecule is CC1CCCC(N2CCC(NC3CC3)C2=O)CC1. The molecule has 3 nitrogen and oxygen atoms in total. The molecule has 1 heterocycles. The number of amides is 1. The van der Waals surface area contributed by atoms with E-state index in [1.807, 2.05) is 0 Å². The van der Waals surface area contributed by atoms with Gasteiger partial charge < -0.3 is 10.2 Å². The molecule has 2 aliphatic carbocycles. The van der Waals surface area contributed by atoms with Crippen molar-refractivity contribution in [2.24, 2.45) is 5.92 Å². The Kier molecular flexibility index (Phi) is 3.60. The summed E-state index contributed by atoms with van der Waals surface area (Å²) in [5.41, 5.74) is 0. The van der Waals surface area contributed by atoms with Gasteiger partial charge in [0, 0.05) is 18.6 Å². The lowest BCUT2D eigenvalue weighted by molar-refractivity contribution is -0.131. The Morgan fingerprint density at radius 3 is 2.67 bits per heavy atom. The third-order valence-corrected chi connectivity index (χ3v) is 4.92. The number of hydrogen-bond acceptors (Lipinski definition) is 2. The monoisotopic (exact) mass is 250 g/mol. The molecule has 3 atom stereocenters. The Labute approximate surface area is 110 Å². The highest BCUT2D eigenvalue weighted by atomic mass is 16.2. The summed E-state index contributed by atoms with van der Waals surface area (Å²) in [6.45, 7) is 3.34. The minimum absolute atomic E-state index is 0.137. The zero-order valence-electron chi connectivity index (χ0n) is 11.5. The van der Waals surface area contributed by atoms with Gasteiger partial charge in [-0.3, -0.25) is 4.79 Å². The van der Waals surface area contributed by atoms with Gasteiger partial charge in [-0.05, 0) is 44.4 Å². The van der Waals surface area contributed by atoms with Gasteiger partial charge in [0.05, 0.1) is 6.04 Å². The summed E-state index contributed by atoms with van der Waals surface area (Å²) in [5, 5.41) is 3.50. The van der Waals surface area contributed by atoms with Crippen molar-refractivity contribution in [1.82, 2.24) is 10.2 Å². The highest BCUT2D eigenvalue weighted by Gasteiger charge is 2.38. The molecule has 3 fully saturated rings. The maximum atomic E-state index is 12.4. The van der Waals surface area contributed by atoms with Crippen LogP contribution in [0.1, 0.15) is 58.3 Å². The molecule has 102 valence electrons. The Morgan fingerprint density at radius 1 is 1.06 bits per heavy atom. The molecule has 0 spiro atoms. The number of carbonyl (C=O) groups is 1. The van der Waals surface area contributed by atoms with Crippen LogP contribution in [0.15, 0.2) is 0 Å². The number of carbonyl (C=O) groups excluding carboxylic acids is 1. The first kappa shape index (κ1) is 12.5. The summed E-state index contributed by atoms with van der Waals surface area (Å²) in [7, 11) is 0. The quantitative estimate of drug-likeness (QED) is 0.780. The van der Waals surface area contributed by atoms with Crippen molar-refractivity contribution in [2.75, 3.05) is 6.54 Å². The maximum absolute atomic E-state index is 12.4. The fourth-order valence-corrected chi connectivity index (χ4v) is 3.53. The molecule has 1 aliphatic heterocycles. The van der Waals surface area contributed by atoms with Crippen LogP contribution < -0.4 is 5.32 Å². The van der Waals surface area contributed by atoms with E-state index in [2.05, 4.69) is 17.1 Å². The first-order valence-corrected chi connectivity index (χ1v) is 7.80. The number of likely N-dealkylation sites (tertiary alicyclic amines) is 1. The smallest absolute Gasteiger partial charge is 0.240 e. The number of nitrogens with zero attached hydrogens (tertiary/aromatic N) is 1. The van der Waals surface area contributed by atoms with Gasteiger partial charge in [0.25, 0.3) is 0 Å². The van der Waals surface area contributed by atoms with Crippen LogP contribution in [0.2, 0.25) is 0 Å². The standard InChI is InChI=1S/C15H26N2O/c1-11-3-2-4-13(8-5-11)17-10-9-14(15(17)18)16-12-6-7-12/h11-14,16H,2-10H2,1H3. The second-order valence-electron chi connectivity index (χ2n) is 6.58. The van der Waals surface area contributed by atoms with Crippen molar-refractivity contribution in [3.8, 4) is 0 Å². The van der Waals surface area contributed by atoms with Crippen LogP contribution in [0.5, 0.6) is 0 Å². The second-order valence-corrected chi connectivity index (χ2v) is 6.58. The van der Waals surface area contributed by atoms with Gasteiger partial charge in [0.2, 0.25) is 5.91 Å². The van der Waals surface area contributed by atoms with E-state index in [9.17, 15) is 4.79 Å². The van der Waals surface area contributed by atoms with Crippen molar-refractivity contribution in [3.63, 3.8) is 0 Å². The molecule has 3 unspecified atom stereocenters. The van der Waals surface area contributed by atoms with Crippen LogP contribution >= 0.6 is 0 Å². The minimum atomic E-state index is 0.137. The van der Waals surface area contributed by atoms with Crippen molar-refractivity contribution in [1.29, 1.82) is 0 Å². The molecule has 0 radical (unpaired) electrons. The molecule has 3 heteroatoms. The summed E-state index contributed by atoms with van der Waals surface area (Å²) >= 11 is 0. The van der Waals surface area contributed by atoms with Crippen LogP contribution in [0.4, 0.5) is 0 Å². The Bertz CT molecular complexity index is 314. The van der Waals surface area contributed by atoms with Crippen LogP contribution in [0.3, 0.4) is 0 Å². The van der Waals surface area contributed by atoms with Crippen molar-refractivity contribution in [3.05, 3.63) is 0 Å². The van der Waals surface area contributed by atoms with Gasteiger partial charge in [-0.1, -0.05) is 19.8 Å². The topological polar surface area (TPSA) is 32.3 Å². The van der Waals surface area contributed by atoms with E-state index in [1.54, 1.807) is 0 Å². The number of hydrogen-bond donors (Lipinski definition) is 1. The molecule has 2 saturated carbocycles. The highest BCUT2D eigenvalue weighted by molar-refractivity contribution is 5.84. The lowest BCUT2D eigenvalue weighted by atomic mass is 10.0. The van der Waals surface area contributed by atoms with E-state index in [0.717, 1.165) is 18.9 Å². The van der Waals surface area contributed by atoms with Gasteiger partial charge in [-0.15, -0.1) is 0 Å². The lowest BCUT2D eigenvalue weighted by Gasteiger charge is -2.27. The molecule has 0 aromatic carbocycles. The van der Waals surface area contributed by atoms with E-state index in [4.69, 9.17) is 0 Å². The largest absolute Gasteiger partial charge is 0.338 e. The first-order chi connectivity index (χ1) is 8.74. The summed E-state index contributed by atoms with van der Waals surface area (Å²) in [6.07, 6.45) is 9.97. The average Bonchev–Trinajstić information content (AvgIpc) is 3.12. The van der Waals surface area contributed by atoms with Crippen LogP contribution in [0.25, 0.3) is 0 Å². The second kappa shape index (κ2) is 5.20. The Balaban J connectivity index is 1.56. The molecular formula is C15H26N2O. The minimum Gasteiger partial charge on any atom is -0.338 e. The van der Waals surface area contributed by atoms with E-state index >= 15 is 0 Å². The predicted molar refractivity (Wildman–Crippen MR) is 72.3 cm³/mol. The Hall–Kier alpha value is -0.570. The molecule has 3 aliphatic rings. The highest BCUT2D eigenvalue weighted by Crippen LogP contribution is 2.29. The van der Waals surface area contributed by atoms with Crippen LogP contribution in [-0.2, 0) is 4.79 Å². The fraction of sp³-hybridized carbons (Fsp3) is 0.933. The third-order valence-electron chi connectivity index (χ3n) is 4.92. The molecule has 1 amide bonds. The zero-order valence-corrected chi connectivity index (χ0v) is 11.5. The van der Waals surface area contributed by atoms with E-state index in [1.165, 1.54) is 44.9 Å². The molecular weight excluding hydrogens is 224 g/mol. The third kappa shape index (κ3) is 2.71. The maximum Gasteiger partial charge on any atom is 0.240 e. The van der Waals surface area contributed by atoms with Crippen molar-refractivity contribution < 1.29 is 4.79 Å². The summed E-state index contributed by atoms with van der Waals surface area (Å²) in [5.74, 6) is 1.24. The van der Waals surface area contributed by atoms with Crippen LogP contribution in [-0.4, -0.2) is 35.5 Å². The molecule has 3 rings (SSSR count). The van der Waals surface area contributed by atoms with Gasteiger partial charge in [0.1, 0.15) is 0 Å². The van der Waals surface area contributed by atoms with E-state index in [-0.39, 0.29) is 6.04 Å². The Morgan fingerprint density at radius 2 is 1.89 bits per heavy atom. The predicted octanol–water partition coefficient (Wildman–Crippen LogP) is 2.31. The van der Waals surface area contributed by atoms with Gasteiger partial charge in [-0.25, -0.2) is 0 Å². The first-order valence-electron chi connectivity index (χ1n) is 7.80. The molecule has 0 bridgehead atoms. The van der Waals surface area contributed by atoms with Gasteiger partial charge >= 0.3 is 0 Å². The number of rotatable bonds is 3. The average molecular weight is 250 g/mol. The molecule has 1 N–H and O–H groups in total.